The minimum atomic E-state index is 0.665. The summed E-state index contributed by atoms with van der Waals surface area (Å²) in [6.07, 6.45) is 1.89. The molecule has 1 aromatic heterocycles. The molecular formula is C24H21BrN6S. The summed E-state index contributed by atoms with van der Waals surface area (Å²) in [6, 6.07) is 29.0. The van der Waals surface area contributed by atoms with Crippen molar-refractivity contribution in [3.63, 3.8) is 0 Å². The summed E-state index contributed by atoms with van der Waals surface area (Å²) in [5, 5.41) is 12.3. The van der Waals surface area contributed by atoms with Crippen LogP contribution in [0.25, 0.3) is 5.69 Å². The molecular weight excluding hydrogens is 484 g/mol. The zero-order valence-electron chi connectivity index (χ0n) is 17.1. The van der Waals surface area contributed by atoms with Crippen LogP contribution in [0.5, 0.6) is 0 Å². The van der Waals surface area contributed by atoms with E-state index in [4.69, 9.17) is 5.10 Å². The van der Waals surface area contributed by atoms with E-state index >= 15 is 0 Å². The minimum Gasteiger partial charge on any atom is -0.266 e. The first-order valence-corrected chi connectivity index (χ1v) is 12.0. The molecule has 0 saturated heterocycles. The number of nitrogens with zero attached hydrogens (tertiary/aromatic N) is 4. The van der Waals surface area contributed by atoms with Crippen LogP contribution in [-0.4, -0.2) is 20.6 Å². The van der Waals surface area contributed by atoms with E-state index in [1.807, 2.05) is 52.3 Å². The first-order chi connectivity index (χ1) is 15.8. The van der Waals surface area contributed by atoms with Gasteiger partial charge in [0.15, 0.2) is 5.84 Å². The molecule has 8 heteroatoms. The van der Waals surface area contributed by atoms with Crippen LogP contribution in [-0.2, 0) is 12.3 Å². The van der Waals surface area contributed by atoms with Gasteiger partial charge in [-0.1, -0.05) is 76.6 Å². The summed E-state index contributed by atoms with van der Waals surface area (Å²) in [6.45, 7) is 0.665. The van der Waals surface area contributed by atoms with Crippen LogP contribution in [0.4, 0.5) is 0 Å². The van der Waals surface area contributed by atoms with E-state index < -0.39 is 0 Å². The molecule has 2 heterocycles. The molecule has 160 valence electrons. The van der Waals surface area contributed by atoms with E-state index in [0.29, 0.717) is 6.54 Å². The molecule has 0 spiro atoms. The standard InChI is InChI=1S/C24H21BrN6S/c25-20-13-11-18(12-14-20)16-30-23(27-28-29-30)22-15-26-31(21-9-5-2-6-10-21)24(22)32-17-19-7-3-1-4-8-19/h1-15,28-29H,16-17H2. The van der Waals surface area contributed by atoms with Gasteiger partial charge >= 0.3 is 0 Å². The van der Waals surface area contributed by atoms with Gasteiger partial charge in [-0.2, -0.15) is 5.10 Å². The molecule has 0 unspecified atom stereocenters. The maximum Gasteiger partial charge on any atom is 0.177 e. The minimum absolute atomic E-state index is 0.665. The van der Waals surface area contributed by atoms with E-state index in [2.05, 4.69) is 80.6 Å². The Labute approximate surface area is 199 Å². The van der Waals surface area contributed by atoms with Gasteiger partial charge in [0.25, 0.3) is 0 Å². The molecule has 0 fully saturated rings. The second-order valence-corrected chi connectivity index (χ2v) is 9.14. The fourth-order valence-corrected chi connectivity index (χ4v) is 4.79. The van der Waals surface area contributed by atoms with Crippen LogP contribution in [0.1, 0.15) is 16.7 Å². The summed E-state index contributed by atoms with van der Waals surface area (Å²) in [4.78, 5) is 0. The maximum absolute atomic E-state index is 4.72. The Bertz CT molecular complexity index is 1210. The Balaban J connectivity index is 1.47. The number of hydrogen-bond donors (Lipinski definition) is 2. The SMILES string of the molecule is Brc1ccc(CN2NNN=C2c2cnn(-c3ccccc3)c2SCc2ccccc2)cc1. The molecule has 6 nitrogen and oxygen atoms in total. The highest BCUT2D eigenvalue weighted by Crippen LogP contribution is 2.30. The monoisotopic (exact) mass is 504 g/mol. The number of halogens is 1. The molecule has 0 bridgehead atoms. The third kappa shape index (κ3) is 4.57. The molecule has 1 aliphatic rings. The molecule has 32 heavy (non-hydrogen) atoms. The van der Waals surface area contributed by atoms with Gasteiger partial charge in [-0.25, -0.2) is 10.2 Å². The lowest BCUT2D eigenvalue weighted by Gasteiger charge is -2.19. The highest BCUT2D eigenvalue weighted by atomic mass is 79.9. The zero-order valence-corrected chi connectivity index (χ0v) is 19.6. The summed E-state index contributed by atoms with van der Waals surface area (Å²) >= 11 is 5.26. The summed E-state index contributed by atoms with van der Waals surface area (Å²) in [5.41, 5.74) is 10.5. The van der Waals surface area contributed by atoms with Gasteiger partial charge in [-0.3, -0.25) is 5.01 Å². The fraction of sp³-hybridized carbons (Fsp3) is 0.0833. The van der Waals surface area contributed by atoms with Crippen LogP contribution < -0.4 is 11.1 Å². The van der Waals surface area contributed by atoms with E-state index in [1.165, 1.54) is 11.1 Å². The number of aromatic nitrogens is 2. The Morgan fingerprint density at radius 2 is 1.56 bits per heavy atom. The van der Waals surface area contributed by atoms with E-state index in [1.54, 1.807) is 11.8 Å². The van der Waals surface area contributed by atoms with Gasteiger partial charge < -0.3 is 0 Å². The second-order valence-electron chi connectivity index (χ2n) is 7.26. The number of thioether (sulfide) groups is 1. The highest BCUT2D eigenvalue weighted by molar-refractivity contribution is 9.10. The third-order valence-corrected chi connectivity index (χ3v) is 6.71. The molecule has 3 aromatic carbocycles. The van der Waals surface area contributed by atoms with Crippen molar-refractivity contribution in [1.82, 2.24) is 25.9 Å². The van der Waals surface area contributed by atoms with Gasteiger partial charge in [-0.15, -0.1) is 22.4 Å². The number of para-hydroxylation sites is 1. The van der Waals surface area contributed by atoms with Gasteiger partial charge in [0.2, 0.25) is 0 Å². The summed E-state index contributed by atoms with van der Waals surface area (Å²) < 4.78 is 3.05. The van der Waals surface area contributed by atoms with E-state index in [-0.39, 0.29) is 0 Å². The fourth-order valence-electron chi connectivity index (χ4n) is 3.45. The van der Waals surface area contributed by atoms with Crippen molar-refractivity contribution in [1.29, 1.82) is 0 Å². The lowest BCUT2D eigenvalue weighted by atomic mass is 10.2. The van der Waals surface area contributed by atoms with Crippen LogP contribution in [0.2, 0.25) is 0 Å². The normalized spacial score (nSPS) is 13.2. The van der Waals surface area contributed by atoms with Gasteiger partial charge in [0, 0.05) is 10.2 Å². The predicted octanol–water partition coefficient (Wildman–Crippen LogP) is 5.11. The van der Waals surface area contributed by atoms with Gasteiger partial charge in [0.05, 0.1) is 24.0 Å². The average molecular weight is 505 g/mol. The Kier molecular flexibility index (Phi) is 6.24. The number of hydrazone groups is 1. The van der Waals surface area contributed by atoms with Crippen molar-refractivity contribution in [2.45, 2.75) is 17.3 Å². The van der Waals surface area contributed by atoms with E-state index in [0.717, 1.165) is 32.3 Å². The van der Waals surface area contributed by atoms with E-state index in [9.17, 15) is 0 Å². The first-order valence-electron chi connectivity index (χ1n) is 10.2. The summed E-state index contributed by atoms with van der Waals surface area (Å²) in [5.74, 6) is 1.65. The smallest absolute Gasteiger partial charge is 0.177 e. The first kappa shape index (κ1) is 20.8. The number of hydrogen-bond acceptors (Lipinski definition) is 6. The largest absolute Gasteiger partial charge is 0.266 e. The topological polar surface area (TPSA) is 57.5 Å². The van der Waals surface area contributed by atoms with Crippen molar-refractivity contribution in [2.24, 2.45) is 5.10 Å². The lowest BCUT2D eigenvalue weighted by molar-refractivity contribution is 0.288. The van der Waals surface area contributed by atoms with Gasteiger partial charge in [-0.05, 0) is 35.4 Å². The molecule has 0 aliphatic carbocycles. The number of amidine groups is 1. The molecule has 1 aliphatic heterocycles. The number of rotatable bonds is 7. The Hall–Kier alpha value is -3.07. The van der Waals surface area contributed by atoms with Crippen molar-refractivity contribution in [3.05, 3.63) is 112 Å². The van der Waals surface area contributed by atoms with Crippen LogP contribution >= 0.6 is 27.7 Å². The van der Waals surface area contributed by atoms with Crippen molar-refractivity contribution >= 4 is 33.5 Å². The lowest BCUT2D eigenvalue weighted by Crippen LogP contribution is -2.40. The third-order valence-electron chi connectivity index (χ3n) is 5.04. The Morgan fingerprint density at radius 3 is 2.31 bits per heavy atom. The number of nitrogens with one attached hydrogen (secondary N) is 2. The van der Waals surface area contributed by atoms with Crippen LogP contribution in [0.15, 0.2) is 106 Å². The quantitative estimate of drug-likeness (QED) is 0.342. The number of benzene rings is 3. The zero-order chi connectivity index (χ0) is 21.8. The molecule has 4 aromatic rings. The second kappa shape index (κ2) is 9.60. The van der Waals surface area contributed by atoms with Crippen molar-refractivity contribution < 1.29 is 0 Å². The Morgan fingerprint density at radius 1 is 0.844 bits per heavy atom. The molecule has 0 radical (unpaired) electrons. The molecule has 5 rings (SSSR count). The van der Waals surface area contributed by atoms with Crippen molar-refractivity contribution in [2.75, 3.05) is 0 Å². The van der Waals surface area contributed by atoms with Gasteiger partial charge in [0.1, 0.15) is 5.03 Å². The molecule has 0 atom stereocenters. The summed E-state index contributed by atoms with van der Waals surface area (Å²) in [7, 11) is 0. The molecule has 0 saturated carbocycles. The average Bonchev–Trinajstić information content (AvgIpc) is 3.47. The predicted molar refractivity (Wildman–Crippen MR) is 132 cm³/mol. The van der Waals surface area contributed by atoms with Crippen molar-refractivity contribution in [3.8, 4) is 5.69 Å². The van der Waals surface area contributed by atoms with Crippen LogP contribution in [0, 0.1) is 0 Å². The molecule has 0 amide bonds. The number of hydrazine groups is 2. The van der Waals surface area contributed by atoms with Crippen LogP contribution in [0.3, 0.4) is 0 Å². The highest BCUT2D eigenvalue weighted by Gasteiger charge is 2.25. The molecule has 2 N–H and O–H groups in total. The maximum atomic E-state index is 4.72.